The second-order valence-electron chi connectivity index (χ2n) is 5.73. The van der Waals surface area contributed by atoms with Gasteiger partial charge in [0.25, 0.3) is 0 Å². The van der Waals surface area contributed by atoms with Crippen molar-refractivity contribution < 1.29 is 9.59 Å². The van der Waals surface area contributed by atoms with Crippen molar-refractivity contribution in [2.24, 2.45) is 10.7 Å². The molecule has 1 heterocycles. The van der Waals surface area contributed by atoms with E-state index in [1.807, 2.05) is 24.0 Å². The molecule has 1 aromatic rings. The number of rotatable bonds is 4. The second-order valence-corrected chi connectivity index (χ2v) is 5.73. The first kappa shape index (κ1) is 17.8. The number of primary amides is 1. The Labute approximate surface area is 142 Å². The Morgan fingerprint density at radius 1 is 1.21 bits per heavy atom. The van der Waals surface area contributed by atoms with E-state index in [9.17, 15) is 9.59 Å². The number of amides is 2. The van der Waals surface area contributed by atoms with Gasteiger partial charge in [-0.2, -0.15) is 0 Å². The van der Waals surface area contributed by atoms with Gasteiger partial charge in [0, 0.05) is 45.2 Å². The molecule has 0 aromatic heterocycles. The molecule has 1 aromatic carbocycles. The number of guanidine groups is 1. The Hall–Kier alpha value is -2.57. The van der Waals surface area contributed by atoms with Gasteiger partial charge in [-0.1, -0.05) is 12.1 Å². The lowest BCUT2D eigenvalue weighted by atomic mass is 10.1. The van der Waals surface area contributed by atoms with Crippen LogP contribution in [0.1, 0.15) is 29.8 Å². The van der Waals surface area contributed by atoms with E-state index in [2.05, 4.69) is 15.2 Å². The van der Waals surface area contributed by atoms with Crippen LogP contribution in [0.15, 0.2) is 29.3 Å². The van der Waals surface area contributed by atoms with Crippen molar-refractivity contribution in [2.75, 3.05) is 32.7 Å². The molecule has 1 fully saturated rings. The first-order chi connectivity index (χ1) is 11.5. The van der Waals surface area contributed by atoms with Crippen molar-refractivity contribution in [3.8, 4) is 0 Å². The molecule has 0 unspecified atom stereocenters. The second kappa shape index (κ2) is 8.33. The molecular formula is C17H25N5O2. The molecule has 24 heavy (non-hydrogen) atoms. The van der Waals surface area contributed by atoms with Crippen LogP contribution in [-0.2, 0) is 11.3 Å². The van der Waals surface area contributed by atoms with Gasteiger partial charge >= 0.3 is 0 Å². The molecule has 0 radical (unpaired) electrons. The topological polar surface area (TPSA) is 91.0 Å². The summed E-state index contributed by atoms with van der Waals surface area (Å²) in [7, 11) is 0. The normalized spacial score (nSPS) is 15.3. The van der Waals surface area contributed by atoms with Crippen LogP contribution in [-0.4, -0.2) is 60.3 Å². The molecule has 7 nitrogen and oxygen atoms in total. The van der Waals surface area contributed by atoms with Crippen LogP contribution in [0.3, 0.4) is 0 Å². The molecule has 0 bridgehead atoms. The number of nitrogens with one attached hydrogen (secondary N) is 1. The summed E-state index contributed by atoms with van der Waals surface area (Å²) in [6, 6.07) is 7.20. The largest absolute Gasteiger partial charge is 0.366 e. The standard InChI is InChI=1S/C17H25N5O2/c1-3-19-17(22-9-7-21(8-10-22)13(2)23)20-12-14-5-4-6-15(11-14)16(18)24/h4-6,11H,3,7-10,12H2,1-2H3,(H2,18,24)(H,19,20). The van der Waals surface area contributed by atoms with Crippen molar-refractivity contribution in [2.45, 2.75) is 20.4 Å². The first-order valence-corrected chi connectivity index (χ1v) is 8.18. The molecule has 1 aliphatic heterocycles. The van der Waals surface area contributed by atoms with E-state index < -0.39 is 5.91 Å². The van der Waals surface area contributed by atoms with Crippen LogP contribution in [0.25, 0.3) is 0 Å². The van der Waals surface area contributed by atoms with E-state index in [4.69, 9.17) is 5.73 Å². The lowest BCUT2D eigenvalue weighted by Crippen LogP contribution is -2.53. The van der Waals surface area contributed by atoms with Crippen molar-refractivity contribution in [3.63, 3.8) is 0 Å². The van der Waals surface area contributed by atoms with Gasteiger partial charge in [-0.15, -0.1) is 0 Å². The van der Waals surface area contributed by atoms with Gasteiger partial charge in [-0.3, -0.25) is 9.59 Å². The third kappa shape index (κ3) is 4.71. The molecule has 0 atom stereocenters. The van der Waals surface area contributed by atoms with E-state index in [-0.39, 0.29) is 5.91 Å². The number of nitrogens with two attached hydrogens (primary N) is 1. The van der Waals surface area contributed by atoms with Crippen molar-refractivity contribution in [3.05, 3.63) is 35.4 Å². The lowest BCUT2D eigenvalue weighted by molar-refractivity contribution is -0.130. The molecule has 7 heteroatoms. The van der Waals surface area contributed by atoms with Gasteiger partial charge in [0.1, 0.15) is 0 Å². The predicted molar refractivity (Wildman–Crippen MR) is 93.6 cm³/mol. The van der Waals surface area contributed by atoms with Gasteiger partial charge in [0.15, 0.2) is 5.96 Å². The SMILES string of the molecule is CCNC(=NCc1cccc(C(N)=O)c1)N1CCN(C(C)=O)CC1. The maximum absolute atomic E-state index is 11.4. The van der Waals surface area contributed by atoms with Crippen LogP contribution < -0.4 is 11.1 Å². The molecule has 3 N–H and O–H groups in total. The third-order valence-electron chi connectivity index (χ3n) is 3.98. The summed E-state index contributed by atoms with van der Waals surface area (Å²) in [4.78, 5) is 31.3. The average Bonchev–Trinajstić information content (AvgIpc) is 2.59. The van der Waals surface area contributed by atoms with Gasteiger partial charge in [-0.25, -0.2) is 4.99 Å². The van der Waals surface area contributed by atoms with Gasteiger partial charge in [0.2, 0.25) is 11.8 Å². The predicted octanol–water partition coefficient (Wildman–Crippen LogP) is 0.415. The summed E-state index contributed by atoms with van der Waals surface area (Å²) < 4.78 is 0. The highest BCUT2D eigenvalue weighted by Crippen LogP contribution is 2.08. The van der Waals surface area contributed by atoms with E-state index in [0.29, 0.717) is 25.2 Å². The highest BCUT2D eigenvalue weighted by atomic mass is 16.2. The highest BCUT2D eigenvalue weighted by Gasteiger charge is 2.20. The average molecular weight is 331 g/mol. The van der Waals surface area contributed by atoms with Crippen LogP contribution in [0.2, 0.25) is 0 Å². The maximum atomic E-state index is 11.4. The van der Waals surface area contributed by atoms with Crippen LogP contribution >= 0.6 is 0 Å². The zero-order valence-electron chi connectivity index (χ0n) is 14.3. The van der Waals surface area contributed by atoms with E-state index in [1.54, 1.807) is 19.1 Å². The number of benzene rings is 1. The van der Waals surface area contributed by atoms with E-state index >= 15 is 0 Å². The fourth-order valence-corrected chi connectivity index (χ4v) is 2.65. The molecule has 0 saturated carbocycles. The Kier molecular flexibility index (Phi) is 6.17. The number of piperazine rings is 1. The zero-order valence-corrected chi connectivity index (χ0v) is 14.3. The molecule has 0 spiro atoms. The summed E-state index contributed by atoms with van der Waals surface area (Å²) in [6.45, 7) is 7.78. The molecule has 1 aliphatic rings. The minimum atomic E-state index is -0.437. The molecule has 130 valence electrons. The number of hydrogen-bond donors (Lipinski definition) is 2. The van der Waals surface area contributed by atoms with Gasteiger partial charge < -0.3 is 20.9 Å². The summed E-state index contributed by atoms with van der Waals surface area (Å²) in [5, 5.41) is 3.28. The number of aliphatic imine (C=N–C) groups is 1. The van der Waals surface area contributed by atoms with Crippen LogP contribution in [0.5, 0.6) is 0 Å². The fraction of sp³-hybridized carbons (Fsp3) is 0.471. The smallest absolute Gasteiger partial charge is 0.248 e. The van der Waals surface area contributed by atoms with Gasteiger partial charge in [0.05, 0.1) is 6.54 Å². The van der Waals surface area contributed by atoms with Crippen molar-refractivity contribution in [1.82, 2.24) is 15.1 Å². The molecule has 1 saturated heterocycles. The first-order valence-electron chi connectivity index (χ1n) is 8.18. The fourth-order valence-electron chi connectivity index (χ4n) is 2.65. The van der Waals surface area contributed by atoms with Gasteiger partial charge in [-0.05, 0) is 24.6 Å². The zero-order chi connectivity index (χ0) is 17.5. The maximum Gasteiger partial charge on any atom is 0.248 e. The van der Waals surface area contributed by atoms with Crippen molar-refractivity contribution >= 4 is 17.8 Å². The summed E-state index contributed by atoms with van der Waals surface area (Å²) >= 11 is 0. The number of carbonyl (C=O) groups is 2. The summed E-state index contributed by atoms with van der Waals surface area (Å²) in [5.41, 5.74) is 6.74. The van der Waals surface area contributed by atoms with Crippen LogP contribution in [0, 0.1) is 0 Å². The van der Waals surface area contributed by atoms with Crippen LogP contribution in [0.4, 0.5) is 0 Å². The Balaban J connectivity index is 2.04. The Morgan fingerprint density at radius 2 is 1.88 bits per heavy atom. The Morgan fingerprint density at radius 3 is 2.46 bits per heavy atom. The number of carbonyl (C=O) groups excluding carboxylic acids is 2. The molecule has 2 rings (SSSR count). The molecule has 2 amide bonds. The third-order valence-corrected chi connectivity index (χ3v) is 3.98. The van der Waals surface area contributed by atoms with E-state index in [0.717, 1.165) is 31.2 Å². The number of nitrogens with zero attached hydrogens (tertiary/aromatic N) is 3. The highest BCUT2D eigenvalue weighted by molar-refractivity contribution is 5.92. The summed E-state index contributed by atoms with van der Waals surface area (Å²) in [5.74, 6) is 0.498. The lowest BCUT2D eigenvalue weighted by Gasteiger charge is -2.36. The quantitative estimate of drug-likeness (QED) is 0.618. The Bertz CT molecular complexity index is 621. The minimum absolute atomic E-state index is 0.111. The summed E-state index contributed by atoms with van der Waals surface area (Å²) in [6.07, 6.45) is 0. The molecule has 0 aliphatic carbocycles. The molecular weight excluding hydrogens is 306 g/mol. The minimum Gasteiger partial charge on any atom is -0.366 e. The monoisotopic (exact) mass is 331 g/mol. The number of hydrogen-bond acceptors (Lipinski definition) is 3. The van der Waals surface area contributed by atoms with E-state index in [1.165, 1.54) is 0 Å². The van der Waals surface area contributed by atoms with Crippen molar-refractivity contribution in [1.29, 1.82) is 0 Å².